The molecule has 0 aliphatic carbocycles. The minimum Gasteiger partial charge on any atom is -0.376 e. The van der Waals surface area contributed by atoms with Crippen molar-refractivity contribution >= 4 is 17.5 Å². The molecule has 1 unspecified atom stereocenters. The Morgan fingerprint density at radius 2 is 2.25 bits per heavy atom. The number of likely N-dealkylation sites (tertiary alicyclic amines) is 1. The molecule has 2 rings (SSSR count). The molecule has 2 amide bonds. The quantitative estimate of drug-likeness (QED) is 0.832. The highest BCUT2D eigenvalue weighted by Crippen LogP contribution is 2.16. The van der Waals surface area contributed by atoms with Crippen LogP contribution in [0, 0.1) is 0 Å². The molecule has 1 atom stereocenters. The van der Waals surface area contributed by atoms with Crippen LogP contribution in [0.1, 0.15) is 25.0 Å². The minimum atomic E-state index is -0.434. The third-order valence-corrected chi connectivity index (χ3v) is 4.15. The molecule has 2 heterocycles. The van der Waals surface area contributed by atoms with E-state index in [0.29, 0.717) is 19.5 Å². The zero-order chi connectivity index (χ0) is 17.5. The molecule has 0 radical (unpaired) electrons. The predicted molar refractivity (Wildman–Crippen MR) is 91.6 cm³/mol. The number of pyridine rings is 1. The van der Waals surface area contributed by atoms with Crippen LogP contribution in [0.2, 0.25) is 0 Å². The summed E-state index contributed by atoms with van der Waals surface area (Å²) in [6, 6.07) is 3.82. The molecule has 0 aromatic carbocycles. The summed E-state index contributed by atoms with van der Waals surface area (Å²) in [5, 5.41) is 2.85. The van der Waals surface area contributed by atoms with E-state index in [1.54, 1.807) is 11.1 Å². The van der Waals surface area contributed by atoms with E-state index in [1.807, 2.05) is 31.1 Å². The van der Waals surface area contributed by atoms with E-state index in [0.717, 1.165) is 24.2 Å². The van der Waals surface area contributed by atoms with Gasteiger partial charge in [0.1, 0.15) is 6.10 Å². The zero-order valence-electron chi connectivity index (χ0n) is 14.6. The van der Waals surface area contributed by atoms with Crippen molar-refractivity contribution in [1.82, 2.24) is 15.2 Å². The summed E-state index contributed by atoms with van der Waals surface area (Å²) in [6.45, 7) is 0.990. The summed E-state index contributed by atoms with van der Waals surface area (Å²) in [5.41, 5.74) is 1.76. The van der Waals surface area contributed by atoms with Gasteiger partial charge in [0.2, 0.25) is 5.91 Å². The highest BCUT2D eigenvalue weighted by Gasteiger charge is 2.27. The smallest absolute Gasteiger partial charge is 0.252 e. The second-order valence-electron chi connectivity index (χ2n) is 6.12. The molecule has 0 saturated carbocycles. The average Bonchev–Trinajstić information content (AvgIpc) is 2.75. The number of carbonyl (C=O) groups excluding carboxylic acids is 2. The molecule has 0 spiro atoms. The van der Waals surface area contributed by atoms with E-state index in [1.165, 1.54) is 7.11 Å². The number of hydrogen-bond donors (Lipinski definition) is 1. The normalized spacial score (nSPS) is 18.2. The van der Waals surface area contributed by atoms with Crippen molar-refractivity contribution in [3.05, 3.63) is 24.0 Å². The van der Waals surface area contributed by atoms with Gasteiger partial charge in [-0.3, -0.25) is 14.6 Å². The van der Waals surface area contributed by atoms with Crippen molar-refractivity contribution < 1.29 is 14.3 Å². The maximum absolute atomic E-state index is 12.3. The van der Waals surface area contributed by atoms with Crippen LogP contribution >= 0.6 is 0 Å². The van der Waals surface area contributed by atoms with Crippen molar-refractivity contribution in [1.29, 1.82) is 0 Å². The third kappa shape index (κ3) is 4.67. The lowest BCUT2D eigenvalue weighted by Gasteiger charge is -2.23. The highest BCUT2D eigenvalue weighted by molar-refractivity contribution is 5.87. The molecule has 1 aromatic rings. The summed E-state index contributed by atoms with van der Waals surface area (Å²) in [4.78, 5) is 32.4. The molecule has 1 N–H and O–H groups in total. The SMILES string of the molecule is COC1CCCCN(CC(=O)NCc2ncccc2N(C)C)C1=O. The van der Waals surface area contributed by atoms with Crippen molar-refractivity contribution in [3.63, 3.8) is 0 Å². The first-order valence-corrected chi connectivity index (χ1v) is 8.22. The lowest BCUT2D eigenvalue weighted by atomic mass is 10.2. The lowest BCUT2D eigenvalue weighted by Crippen LogP contribution is -2.44. The molecule has 7 heteroatoms. The molecular weight excluding hydrogens is 308 g/mol. The topological polar surface area (TPSA) is 74.8 Å². The van der Waals surface area contributed by atoms with Gasteiger partial charge in [0, 0.05) is 33.9 Å². The Kier molecular flexibility index (Phi) is 6.54. The maximum atomic E-state index is 12.3. The van der Waals surface area contributed by atoms with Crippen molar-refractivity contribution in [2.45, 2.75) is 31.9 Å². The monoisotopic (exact) mass is 334 g/mol. The van der Waals surface area contributed by atoms with E-state index in [-0.39, 0.29) is 18.4 Å². The minimum absolute atomic E-state index is 0.0584. The van der Waals surface area contributed by atoms with Gasteiger partial charge in [-0.25, -0.2) is 0 Å². The van der Waals surface area contributed by atoms with Crippen LogP contribution in [0.5, 0.6) is 0 Å². The van der Waals surface area contributed by atoms with E-state index in [4.69, 9.17) is 4.74 Å². The fourth-order valence-electron chi connectivity index (χ4n) is 2.83. The Morgan fingerprint density at radius 1 is 1.46 bits per heavy atom. The van der Waals surface area contributed by atoms with Gasteiger partial charge < -0.3 is 19.9 Å². The molecule has 132 valence electrons. The van der Waals surface area contributed by atoms with Gasteiger partial charge in [-0.05, 0) is 31.4 Å². The zero-order valence-corrected chi connectivity index (χ0v) is 14.6. The number of nitrogens with zero attached hydrogens (tertiary/aromatic N) is 3. The average molecular weight is 334 g/mol. The Morgan fingerprint density at radius 3 is 2.96 bits per heavy atom. The molecule has 1 saturated heterocycles. The second kappa shape index (κ2) is 8.63. The van der Waals surface area contributed by atoms with E-state index in [9.17, 15) is 9.59 Å². The van der Waals surface area contributed by atoms with Gasteiger partial charge in [-0.2, -0.15) is 0 Å². The summed E-state index contributed by atoms with van der Waals surface area (Å²) in [5.74, 6) is -0.285. The van der Waals surface area contributed by atoms with Gasteiger partial charge >= 0.3 is 0 Å². The number of anilines is 1. The van der Waals surface area contributed by atoms with Crippen LogP contribution < -0.4 is 10.2 Å². The van der Waals surface area contributed by atoms with E-state index >= 15 is 0 Å². The van der Waals surface area contributed by atoms with Crippen molar-refractivity contribution in [2.24, 2.45) is 0 Å². The van der Waals surface area contributed by atoms with Gasteiger partial charge in [-0.1, -0.05) is 0 Å². The van der Waals surface area contributed by atoms with E-state index < -0.39 is 6.10 Å². The van der Waals surface area contributed by atoms with Gasteiger partial charge in [0.25, 0.3) is 5.91 Å². The molecule has 24 heavy (non-hydrogen) atoms. The molecule has 1 aliphatic heterocycles. The first-order chi connectivity index (χ1) is 11.5. The number of nitrogens with one attached hydrogen (secondary N) is 1. The first kappa shape index (κ1) is 18.2. The van der Waals surface area contributed by atoms with Gasteiger partial charge in [0.05, 0.1) is 24.5 Å². The number of carbonyl (C=O) groups is 2. The summed E-state index contributed by atoms with van der Waals surface area (Å²) in [6.07, 6.45) is 3.81. The summed E-state index contributed by atoms with van der Waals surface area (Å²) in [7, 11) is 5.40. The number of methoxy groups -OCH3 is 1. The van der Waals surface area contributed by atoms with Crippen molar-refractivity contribution in [2.75, 3.05) is 39.2 Å². The number of aromatic nitrogens is 1. The maximum Gasteiger partial charge on any atom is 0.252 e. The van der Waals surface area contributed by atoms with Gasteiger partial charge in [0.15, 0.2) is 0 Å². The van der Waals surface area contributed by atoms with Gasteiger partial charge in [-0.15, -0.1) is 0 Å². The number of ether oxygens (including phenoxy) is 1. The van der Waals surface area contributed by atoms with Crippen molar-refractivity contribution in [3.8, 4) is 0 Å². The van der Waals surface area contributed by atoms with Crippen LogP contribution in [0.4, 0.5) is 5.69 Å². The van der Waals surface area contributed by atoms with Crippen LogP contribution in [-0.4, -0.2) is 62.1 Å². The fraction of sp³-hybridized carbons (Fsp3) is 0.588. The Bertz CT molecular complexity index is 577. The van der Waals surface area contributed by atoms with E-state index in [2.05, 4.69) is 10.3 Å². The van der Waals surface area contributed by atoms with Crippen LogP contribution in [-0.2, 0) is 20.9 Å². The standard InChI is InChI=1S/C17H26N4O3/c1-20(2)14-7-6-9-18-13(14)11-19-16(22)12-21-10-5-4-8-15(24-3)17(21)23/h6-7,9,15H,4-5,8,10-12H2,1-3H3,(H,19,22). The van der Waals surface area contributed by atoms with Crippen LogP contribution in [0.25, 0.3) is 0 Å². The molecule has 7 nitrogen and oxygen atoms in total. The first-order valence-electron chi connectivity index (χ1n) is 8.22. The summed E-state index contributed by atoms with van der Waals surface area (Å²) >= 11 is 0. The number of hydrogen-bond acceptors (Lipinski definition) is 5. The largest absolute Gasteiger partial charge is 0.376 e. The molecule has 1 aromatic heterocycles. The molecule has 1 aliphatic rings. The fourth-order valence-corrected chi connectivity index (χ4v) is 2.83. The highest BCUT2D eigenvalue weighted by atomic mass is 16.5. The summed E-state index contributed by atoms with van der Waals surface area (Å²) < 4.78 is 5.23. The predicted octanol–water partition coefficient (Wildman–Crippen LogP) is 0.791. The Balaban J connectivity index is 1.92. The second-order valence-corrected chi connectivity index (χ2v) is 6.12. The lowest BCUT2D eigenvalue weighted by molar-refractivity contribution is -0.144. The Labute approximate surface area is 143 Å². The van der Waals surface area contributed by atoms with Crippen LogP contribution in [0.3, 0.4) is 0 Å². The van der Waals surface area contributed by atoms with Crippen LogP contribution in [0.15, 0.2) is 18.3 Å². The third-order valence-electron chi connectivity index (χ3n) is 4.15. The molecule has 1 fully saturated rings. The number of rotatable bonds is 6. The molecular formula is C17H26N4O3. The number of amides is 2. The molecule has 0 bridgehead atoms. The Hall–Kier alpha value is -2.15.